The van der Waals surface area contributed by atoms with Crippen LogP contribution < -0.4 is 10.1 Å². The fourth-order valence-corrected chi connectivity index (χ4v) is 3.41. The number of benzene rings is 3. The summed E-state index contributed by atoms with van der Waals surface area (Å²) in [7, 11) is 0. The third-order valence-electron chi connectivity index (χ3n) is 4.87. The van der Waals surface area contributed by atoms with Gasteiger partial charge >= 0.3 is 0 Å². The number of anilines is 1. The van der Waals surface area contributed by atoms with Crippen LogP contribution in [-0.4, -0.2) is 22.6 Å². The maximum absolute atomic E-state index is 12.8. The van der Waals surface area contributed by atoms with Gasteiger partial charge in [0.2, 0.25) is 11.8 Å². The molecule has 1 aliphatic rings. The van der Waals surface area contributed by atoms with Gasteiger partial charge in [-0.1, -0.05) is 41.9 Å². The van der Waals surface area contributed by atoms with Crippen molar-refractivity contribution in [3.05, 3.63) is 88.9 Å². The van der Waals surface area contributed by atoms with Gasteiger partial charge in [-0.2, -0.15) is 0 Å². The zero-order valence-corrected chi connectivity index (χ0v) is 17.3. The summed E-state index contributed by atoms with van der Waals surface area (Å²) in [5, 5.41) is 3.29. The second kappa shape index (κ2) is 9.02. The second-order valence-corrected chi connectivity index (χ2v) is 7.52. The quantitative estimate of drug-likeness (QED) is 0.552. The van der Waals surface area contributed by atoms with Gasteiger partial charge in [-0.05, 0) is 48.0 Å². The van der Waals surface area contributed by atoms with Crippen molar-refractivity contribution in [1.82, 2.24) is 4.90 Å². The molecule has 3 aromatic rings. The predicted molar refractivity (Wildman–Crippen MR) is 117 cm³/mol. The molecule has 1 heterocycles. The van der Waals surface area contributed by atoms with Crippen LogP contribution in [0.15, 0.2) is 72.8 Å². The first kappa shape index (κ1) is 20.6. The van der Waals surface area contributed by atoms with E-state index in [1.165, 1.54) is 4.90 Å². The number of ether oxygens (including phenoxy) is 1. The Hall–Kier alpha value is -3.64. The number of carbonyl (C=O) groups excluding carboxylic acids is 3. The predicted octanol–water partition coefficient (Wildman–Crippen LogP) is 5.03. The first-order valence-corrected chi connectivity index (χ1v) is 10.1. The minimum atomic E-state index is -0.333. The molecule has 4 rings (SSSR count). The highest BCUT2D eigenvalue weighted by Gasteiger charge is 2.28. The van der Waals surface area contributed by atoms with Gasteiger partial charge in [-0.3, -0.25) is 19.3 Å². The van der Waals surface area contributed by atoms with Crippen molar-refractivity contribution in [2.24, 2.45) is 0 Å². The lowest BCUT2D eigenvalue weighted by Gasteiger charge is -2.15. The van der Waals surface area contributed by atoms with Gasteiger partial charge in [0.25, 0.3) is 5.91 Å². The minimum Gasteiger partial charge on any atom is -0.455 e. The summed E-state index contributed by atoms with van der Waals surface area (Å²) in [5.74, 6) is 0.430. The topological polar surface area (TPSA) is 75.7 Å². The van der Waals surface area contributed by atoms with Crippen LogP contribution in [0.5, 0.6) is 11.5 Å². The van der Waals surface area contributed by atoms with Crippen LogP contribution in [-0.2, 0) is 16.1 Å². The number of para-hydroxylation sites is 1. The summed E-state index contributed by atoms with van der Waals surface area (Å²) in [5.41, 5.74) is 1.64. The molecule has 1 saturated heterocycles. The van der Waals surface area contributed by atoms with Crippen molar-refractivity contribution >= 4 is 35.0 Å². The smallest absolute Gasteiger partial charge is 0.255 e. The molecule has 0 unspecified atom stereocenters. The molecule has 1 aliphatic heterocycles. The molecule has 156 valence electrons. The van der Waals surface area contributed by atoms with Gasteiger partial charge in [-0.25, -0.2) is 0 Å². The fourth-order valence-electron chi connectivity index (χ4n) is 3.24. The molecule has 3 amide bonds. The van der Waals surface area contributed by atoms with Gasteiger partial charge in [0, 0.05) is 23.4 Å². The van der Waals surface area contributed by atoms with Crippen molar-refractivity contribution in [1.29, 1.82) is 0 Å². The van der Waals surface area contributed by atoms with E-state index in [0.29, 0.717) is 27.8 Å². The van der Waals surface area contributed by atoms with Gasteiger partial charge in [0.1, 0.15) is 5.75 Å². The van der Waals surface area contributed by atoms with Gasteiger partial charge in [0.15, 0.2) is 5.75 Å². The maximum atomic E-state index is 12.8. The van der Waals surface area contributed by atoms with E-state index in [1.807, 2.05) is 30.3 Å². The van der Waals surface area contributed by atoms with Crippen LogP contribution in [0.25, 0.3) is 0 Å². The summed E-state index contributed by atoms with van der Waals surface area (Å²) < 4.78 is 5.87. The Bertz CT molecular complexity index is 1110. The van der Waals surface area contributed by atoms with Crippen molar-refractivity contribution in [2.75, 3.05) is 5.32 Å². The van der Waals surface area contributed by atoms with Crippen LogP contribution in [0.2, 0.25) is 5.02 Å². The largest absolute Gasteiger partial charge is 0.455 e. The molecule has 0 aliphatic carbocycles. The third-order valence-corrected chi connectivity index (χ3v) is 5.11. The van der Waals surface area contributed by atoms with Crippen LogP contribution in [0.4, 0.5) is 5.69 Å². The first-order chi connectivity index (χ1) is 15.0. The number of carbonyl (C=O) groups is 3. The Balaban J connectivity index is 1.47. The molecule has 0 spiro atoms. The van der Waals surface area contributed by atoms with E-state index in [-0.39, 0.29) is 37.1 Å². The molecule has 6 nitrogen and oxygen atoms in total. The molecule has 0 saturated carbocycles. The summed E-state index contributed by atoms with van der Waals surface area (Å²) in [6.45, 7) is 0.211. The zero-order chi connectivity index (χ0) is 21.8. The normalized spacial score (nSPS) is 13.4. The van der Waals surface area contributed by atoms with E-state index < -0.39 is 0 Å². The second-order valence-electron chi connectivity index (χ2n) is 7.08. The van der Waals surface area contributed by atoms with Gasteiger partial charge in [0.05, 0.1) is 12.2 Å². The van der Waals surface area contributed by atoms with E-state index >= 15 is 0 Å². The van der Waals surface area contributed by atoms with E-state index in [9.17, 15) is 14.4 Å². The number of nitrogens with one attached hydrogen (secondary N) is 1. The van der Waals surface area contributed by atoms with E-state index in [4.69, 9.17) is 16.3 Å². The summed E-state index contributed by atoms with van der Waals surface area (Å²) in [6, 6.07) is 21.0. The molecular weight excluding hydrogens is 416 g/mol. The average molecular weight is 435 g/mol. The minimum absolute atomic E-state index is 0.168. The number of likely N-dealkylation sites (tertiary alicyclic amines) is 1. The standard InChI is InChI=1S/C24H19ClN2O4/c25-18-10-11-21(31-19-4-2-1-3-5-19)20(14-18)26-24(30)17-8-6-16(7-9-17)15-27-22(28)12-13-23(27)29/h1-11,14H,12-13,15H2,(H,26,30). The van der Waals surface area contributed by atoms with Crippen LogP contribution >= 0.6 is 11.6 Å². The van der Waals surface area contributed by atoms with E-state index in [1.54, 1.807) is 42.5 Å². The molecule has 7 heteroatoms. The number of hydrogen-bond donors (Lipinski definition) is 1. The highest BCUT2D eigenvalue weighted by molar-refractivity contribution is 6.31. The Labute approximate surface area is 184 Å². The molecule has 0 aromatic heterocycles. The van der Waals surface area contributed by atoms with Crippen LogP contribution in [0.3, 0.4) is 0 Å². The van der Waals surface area contributed by atoms with Crippen molar-refractivity contribution in [2.45, 2.75) is 19.4 Å². The summed E-state index contributed by atoms with van der Waals surface area (Å²) >= 11 is 6.11. The summed E-state index contributed by atoms with van der Waals surface area (Å²) in [6.07, 6.45) is 0.513. The molecule has 3 aromatic carbocycles. The van der Waals surface area contributed by atoms with E-state index in [0.717, 1.165) is 5.56 Å². The van der Waals surface area contributed by atoms with Gasteiger partial charge < -0.3 is 10.1 Å². The Kier molecular flexibility index (Phi) is 6.00. The first-order valence-electron chi connectivity index (χ1n) is 9.75. The van der Waals surface area contributed by atoms with Crippen molar-refractivity contribution < 1.29 is 19.1 Å². The van der Waals surface area contributed by atoms with Crippen molar-refractivity contribution in [3.63, 3.8) is 0 Å². The van der Waals surface area contributed by atoms with Gasteiger partial charge in [-0.15, -0.1) is 0 Å². The maximum Gasteiger partial charge on any atom is 0.255 e. The molecule has 1 N–H and O–H groups in total. The highest BCUT2D eigenvalue weighted by atomic mass is 35.5. The van der Waals surface area contributed by atoms with E-state index in [2.05, 4.69) is 5.32 Å². The number of imide groups is 1. The Morgan fingerprint density at radius 1 is 0.935 bits per heavy atom. The molecule has 31 heavy (non-hydrogen) atoms. The number of hydrogen-bond acceptors (Lipinski definition) is 4. The SMILES string of the molecule is O=C(Nc1cc(Cl)ccc1Oc1ccccc1)c1ccc(CN2C(=O)CCC2=O)cc1. The van der Waals surface area contributed by atoms with Crippen LogP contribution in [0.1, 0.15) is 28.8 Å². The van der Waals surface area contributed by atoms with Crippen LogP contribution in [0, 0.1) is 0 Å². The third kappa shape index (κ3) is 4.92. The Morgan fingerprint density at radius 3 is 2.29 bits per heavy atom. The zero-order valence-electron chi connectivity index (χ0n) is 16.5. The molecular formula is C24H19ClN2O4. The lowest BCUT2D eigenvalue weighted by Crippen LogP contribution is -2.28. The number of halogens is 1. The lowest BCUT2D eigenvalue weighted by molar-refractivity contribution is -0.139. The number of amides is 3. The Morgan fingerprint density at radius 2 is 1.61 bits per heavy atom. The highest BCUT2D eigenvalue weighted by Crippen LogP contribution is 2.32. The lowest BCUT2D eigenvalue weighted by atomic mass is 10.1. The summed E-state index contributed by atoms with van der Waals surface area (Å²) in [4.78, 5) is 37.6. The fraction of sp³-hybridized carbons (Fsp3) is 0.125. The molecule has 0 radical (unpaired) electrons. The number of rotatable bonds is 6. The number of nitrogens with zero attached hydrogens (tertiary/aromatic N) is 1. The monoisotopic (exact) mass is 434 g/mol. The molecule has 0 bridgehead atoms. The molecule has 1 fully saturated rings. The van der Waals surface area contributed by atoms with Crippen molar-refractivity contribution in [3.8, 4) is 11.5 Å². The molecule has 0 atom stereocenters. The average Bonchev–Trinajstić information content (AvgIpc) is 3.09.